The number of hydrogen-bond acceptors (Lipinski definition) is 2. The predicted octanol–water partition coefficient (Wildman–Crippen LogP) is 3.32. The molecule has 1 atom stereocenters. The first-order chi connectivity index (χ1) is 6.36. The third-order valence-electron chi connectivity index (χ3n) is 2.00. The molecule has 0 saturated carbocycles. The van der Waals surface area contributed by atoms with Gasteiger partial charge in [0, 0.05) is 12.4 Å². The van der Waals surface area contributed by atoms with Gasteiger partial charge < -0.3 is 0 Å². The van der Waals surface area contributed by atoms with Crippen LogP contribution < -0.4 is 0 Å². The summed E-state index contributed by atoms with van der Waals surface area (Å²) >= 11 is 1.79. The number of aliphatic imine (C=N–C) groups is 1. The van der Waals surface area contributed by atoms with Crippen LogP contribution >= 0.6 is 11.8 Å². The summed E-state index contributed by atoms with van der Waals surface area (Å²) in [5.41, 5.74) is 2.63. The van der Waals surface area contributed by atoms with Crippen molar-refractivity contribution in [3.8, 4) is 0 Å². The highest BCUT2D eigenvalue weighted by molar-refractivity contribution is 8.03. The average Bonchev–Trinajstić information content (AvgIpc) is 2.20. The molecule has 0 bridgehead atoms. The van der Waals surface area contributed by atoms with E-state index in [-0.39, 0.29) is 0 Å². The molecule has 2 heteroatoms. The van der Waals surface area contributed by atoms with E-state index in [2.05, 4.69) is 36.2 Å². The van der Waals surface area contributed by atoms with Crippen molar-refractivity contribution in [1.82, 2.24) is 0 Å². The maximum atomic E-state index is 4.13. The van der Waals surface area contributed by atoms with Crippen LogP contribution in [0.2, 0.25) is 0 Å². The molecule has 0 spiro atoms. The number of nitrogens with zero attached hydrogens (tertiary/aromatic N) is 1. The summed E-state index contributed by atoms with van der Waals surface area (Å²) in [6.45, 7) is 2.10. The molecule has 0 fully saturated rings. The summed E-state index contributed by atoms with van der Waals surface area (Å²) < 4.78 is 0. The van der Waals surface area contributed by atoms with Gasteiger partial charge in [-0.25, -0.2) is 0 Å². The summed E-state index contributed by atoms with van der Waals surface area (Å²) in [6.07, 6.45) is 3.81. The molecule has 0 amide bonds. The van der Waals surface area contributed by atoms with Gasteiger partial charge in [0.05, 0.1) is 5.25 Å². The maximum Gasteiger partial charge on any atom is 0.0691 e. The Morgan fingerprint density at radius 1 is 1.23 bits per heavy atom. The number of thioether (sulfide) groups is 1. The van der Waals surface area contributed by atoms with Gasteiger partial charge in [0.25, 0.3) is 0 Å². The second-order valence-corrected chi connectivity index (χ2v) is 4.10. The summed E-state index contributed by atoms with van der Waals surface area (Å²) in [6, 6.07) is 8.61. The van der Waals surface area contributed by atoms with E-state index in [4.69, 9.17) is 0 Å². The summed E-state index contributed by atoms with van der Waals surface area (Å²) in [5, 5.41) is 2.43. The highest BCUT2D eigenvalue weighted by atomic mass is 32.2. The fourth-order valence-corrected chi connectivity index (χ4v) is 2.00. The third kappa shape index (κ3) is 2.01. The Morgan fingerprint density at radius 3 is 2.62 bits per heavy atom. The van der Waals surface area contributed by atoms with Gasteiger partial charge in [-0.15, -0.1) is 11.8 Å². The van der Waals surface area contributed by atoms with Crippen molar-refractivity contribution < 1.29 is 0 Å². The van der Waals surface area contributed by atoms with Gasteiger partial charge in [0.2, 0.25) is 0 Å². The van der Waals surface area contributed by atoms with E-state index >= 15 is 0 Å². The molecule has 13 heavy (non-hydrogen) atoms. The Labute approximate surface area is 82.6 Å². The zero-order valence-corrected chi connectivity index (χ0v) is 8.29. The fourth-order valence-electron chi connectivity index (χ4n) is 1.24. The molecule has 1 nitrogen and oxygen atoms in total. The minimum atomic E-state index is 0.394. The van der Waals surface area contributed by atoms with E-state index in [1.165, 1.54) is 11.1 Å². The van der Waals surface area contributed by atoms with Gasteiger partial charge in [-0.2, -0.15) is 0 Å². The molecule has 1 aliphatic rings. The number of rotatable bonds is 1. The van der Waals surface area contributed by atoms with Crippen LogP contribution in [0.25, 0.3) is 0 Å². The summed E-state index contributed by atoms with van der Waals surface area (Å²) in [5.74, 6) is 0. The van der Waals surface area contributed by atoms with E-state index in [9.17, 15) is 0 Å². The summed E-state index contributed by atoms with van der Waals surface area (Å²) in [7, 11) is 0. The van der Waals surface area contributed by atoms with E-state index in [1.807, 2.05) is 17.8 Å². The first-order valence-corrected chi connectivity index (χ1v) is 5.21. The molecule has 1 aliphatic heterocycles. The van der Waals surface area contributed by atoms with E-state index in [0.29, 0.717) is 5.25 Å². The molecule has 1 aromatic carbocycles. The average molecular weight is 189 g/mol. The van der Waals surface area contributed by atoms with Crippen molar-refractivity contribution in [3.63, 3.8) is 0 Å². The second kappa shape index (κ2) is 3.79. The number of aryl methyl sites for hydroxylation is 1. The van der Waals surface area contributed by atoms with E-state index in [1.54, 1.807) is 11.8 Å². The zero-order chi connectivity index (χ0) is 9.10. The Hall–Kier alpha value is -1.02. The molecule has 2 rings (SSSR count). The topological polar surface area (TPSA) is 12.4 Å². The zero-order valence-electron chi connectivity index (χ0n) is 7.47. The standard InChI is InChI=1S/C11H11NS/c1-9-2-4-10(5-3-9)11-8-12-6-7-13-11/h2-8,11H,1H3. The second-order valence-electron chi connectivity index (χ2n) is 3.05. The molecule has 0 saturated heterocycles. The minimum absolute atomic E-state index is 0.394. The smallest absolute Gasteiger partial charge is 0.0691 e. The van der Waals surface area contributed by atoms with Crippen molar-refractivity contribution >= 4 is 18.0 Å². The Kier molecular flexibility index (Phi) is 2.50. The van der Waals surface area contributed by atoms with Crippen LogP contribution in [0.5, 0.6) is 0 Å². The number of hydrogen-bond donors (Lipinski definition) is 0. The maximum absolute atomic E-state index is 4.13. The lowest BCUT2D eigenvalue weighted by Gasteiger charge is -2.11. The van der Waals surface area contributed by atoms with E-state index < -0.39 is 0 Å². The molecule has 1 heterocycles. The molecular formula is C11H11NS. The molecule has 1 unspecified atom stereocenters. The van der Waals surface area contributed by atoms with Crippen molar-refractivity contribution in [3.05, 3.63) is 47.0 Å². The van der Waals surface area contributed by atoms with Gasteiger partial charge in [-0.3, -0.25) is 4.99 Å². The van der Waals surface area contributed by atoms with Crippen LogP contribution in [0.4, 0.5) is 0 Å². The molecule has 66 valence electrons. The van der Waals surface area contributed by atoms with Crippen molar-refractivity contribution in [2.45, 2.75) is 12.2 Å². The van der Waals surface area contributed by atoms with Crippen LogP contribution in [0.1, 0.15) is 16.4 Å². The lowest BCUT2D eigenvalue weighted by Crippen LogP contribution is -1.95. The third-order valence-corrected chi connectivity index (χ3v) is 2.97. The SMILES string of the molecule is Cc1ccc(C2C=NC=CS2)cc1. The predicted molar refractivity (Wildman–Crippen MR) is 59.1 cm³/mol. The number of benzene rings is 1. The molecular weight excluding hydrogens is 178 g/mol. The van der Waals surface area contributed by atoms with Crippen LogP contribution in [0.3, 0.4) is 0 Å². The van der Waals surface area contributed by atoms with Gasteiger partial charge in [-0.05, 0) is 17.9 Å². The quantitative estimate of drug-likeness (QED) is 0.660. The molecule has 0 aliphatic carbocycles. The van der Waals surface area contributed by atoms with Crippen molar-refractivity contribution in [2.75, 3.05) is 0 Å². The van der Waals surface area contributed by atoms with Crippen molar-refractivity contribution in [1.29, 1.82) is 0 Å². The molecule has 0 N–H and O–H groups in total. The highest BCUT2D eigenvalue weighted by Gasteiger charge is 2.08. The van der Waals surface area contributed by atoms with Crippen LogP contribution in [0, 0.1) is 6.92 Å². The highest BCUT2D eigenvalue weighted by Crippen LogP contribution is 2.30. The first kappa shape index (κ1) is 8.57. The molecule has 0 radical (unpaired) electrons. The first-order valence-electron chi connectivity index (χ1n) is 4.26. The van der Waals surface area contributed by atoms with Gasteiger partial charge in [0.15, 0.2) is 0 Å². The van der Waals surface area contributed by atoms with Crippen LogP contribution in [0.15, 0.2) is 40.9 Å². The monoisotopic (exact) mass is 189 g/mol. The van der Waals surface area contributed by atoms with Crippen LogP contribution in [-0.2, 0) is 0 Å². The Morgan fingerprint density at radius 2 is 2.00 bits per heavy atom. The van der Waals surface area contributed by atoms with Gasteiger partial charge in [0.1, 0.15) is 0 Å². The normalized spacial score (nSPS) is 20.5. The molecule has 0 aromatic heterocycles. The van der Waals surface area contributed by atoms with Gasteiger partial charge in [-0.1, -0.05) is 29.8 Å². The Balaban J connectivity index is 2.21. The van der Waals surface area contributed by atoms with Crippen LogP contribution in [-0.4, -0.2) is 6.21 Å². The van der Waals surface area contributed by atoms with Gasteiger partial charge >= 0.3 is 0 Å². The largest absolute Gasteiger partial charge is 0.267 e. The summed E-state index contributed by atoms with van der Waals surface area (Å²) in [4.78, 5) is 4.13. The van der Waals surface area contributed by atoms with Crippen molar-refractivity contribution in [2.24, 2.45) is 4.99 Å². The minimum Gasteiger partial charge on any atom is -0.267 e. The lowest BCUT2D eigenvalue weighted by molar-refractivity contribution is 1.29. The van der Waals surface area contributed by atoms with E-state index in [0.717, 1.165) is 0 Å². The fraction of sp³-hybridized carbons (Fsp3) is 0.182. The lowest BCUT2D eigenvalue weighted by atomic mass is 10.1. The molecule has 1 aromatic rings. The Bertz CT molecular complexity index is 338.